The van der Waals surface area contributed by atoms with Crippen LogP contribution < -0.4 is 0 Å². The zero-order valence-corrected chi connectivity index (χ0v) is 10.5. The van der Waals surface area contributed by atoms with Crippen LogP contribution in [0.2, 0.25) is 0 Å². The first-order valence-corrected chi connectivity index (χ1v) is 6.68. The Labute approximate surface area is 100 Å². The first-order valence-electron chi connectivity index (χ1n) is 5.45. The van der Waals surface area contributed by atoms with Gasteiger partial charge < -0.3 is 0 Å². The molecule has 0 N–H and O–H groups in total. The third kappa shape index (κ3) is 2.11. The molecule has 1 saturated heterocycles. The molecule has 1 amide bonds. The van der Waals surface area contributed by atoms with Crippen molar-refractivity contribution in [1.29, 1.82) is 0 Å². The van der Waals surface area contributed by atoms with E-state index in [0.29, 0.717) is 6.04 Å². The lowest BCUT2D eigenvalue weighted by molar-refractivity contribution is -0.124. The second-order valence-corrected chi connectivity index (χ2v) is 5.66. The van der Waals surface area contributed by atoms with Crippen molar-refractivity contribution < 1.29 is 4.79 Å². The van der Waals surface area contributed by atoms with Gasteiger partial charge in [0.2, 0.25) is 0 Å². The summed E-state index contributed by atoms with van der Waals surface area (Å²) in [4.78, 5) is 14.6. The van der Waals surface area contributed by atoms with E-state index >= 15 is 0 Å². The molecule has 0 unspecified atom stereocenters. The summed E-state index contributed by atoms with van der Waals surface area (Å²) in [6.45, 7) is 1.90. The van der Waals surface area contributed by atoms with E-state index in [-0.39, 0.29) is 5.91 Å². The summed E-state index contributed by atoms with van der Waals surface area (Å²) in [5.41, 5.74) is 0. The van der Waals surface area contributed by atoms with Gasteiger partial charge in [-0.1, -0.05) is 49.3 Å². The molecular formula is C11H15NOS2. The van der Waals surface area contributed by atoms with Crippen molar-refractivity contribution in [2.45, 2.75) is 45.1 Å². The van der Waals surface area contributed by atoms with Crippen molar-refractivity contribution in [3.63, 3.8) is 0 Å². The van der Waals surface area contributed by atoms with Gasteiger partial charge in [0.05, 0.1) is 4.91 Å². The summed E-state index contributed by atoms with van der Waals surface area (Å²) in [5.74, 6) is 0.124. The molecule has 1 aliphatic carbocycles. The van der Waals surface area contributed by atoms with E-state index in [1.165, 1.54) is 31.0 Å². The number of rotatable bonds is 1. The molecule has 0 aromatic carbocycles. The minimum absolute atomic E-state index is 0.124. The summed E-state index contributed by atoms with van der Waals surface area (Å²) in [5, 5.41) is 0. The Morgan fingerprint density at radius 3 is 2.60 bits per heavy atom. The van der Waals surface area contributed by atoms with Crippen molar-refractivity contribution in [3.8, 4) is 0 Å². The van der Waals surface area contributed by atoms with E-state index < -0.39 is 0 Å². The SMILES string of the molecule is CC=C1SC(=S)N(C2CCCCC2)C1=O. The van der Waals surface area contributed by atoms with E-state index in [0.717, 1.165) is 22.1 Å². The van der Waals surface area contributed by atoms with Gasteiger partial charge in [-0.05, 0) is 19.8 Å². The number of hydrogen-bond acceptors (Lipinski definition) is 3. The van der Waals surface area contributed by atoms with Gasteiger partial charge in [0, 0.05) is 6.04 Å². The van der Waals surface area contributed by atoms with Crippen LogP contribution in [-0.4, -0.2) is 21.2 Å². The largest absolute Gasteiger partial charge is 0.290 e. The average molecular weight is 241 g/mol. The zero-order chi connectivity index (χ0) is 10.8. The third-order valence-corrected chi connectivity index (χ3v) is 4.47. The number of amides is 1. The summed E-state index contributed by atoms with van der Waals surface area (Å²) >= 11 is 6.71. The Morgan fingerprint density at radius 2 is 2.07 bits per heavy atom. The lowest BCUT2D eigenvalue weighted by Gasteiger charge is -2.29. The van der Waals surface area contributed by atoms with Crippen molar-refractivity contribution >= 4 is 34.2 Å². The molecule has 2 rings (SSSR count). The van der Waals surface area contributed by atoms with Crippen molar-refractivity contribution in [3.05, 3.63) is 11.0 Å². The summed E-state index contributed by atoms with van der Waals surface area (Å²) < 4.78 is 0.750. The molecule has 0 atom stereocenters. The Balaban J connectivity index is 2.14. The number of carbonyl (C=O) groups is 1. The van der Waals surface area contributed by atoms with Crippen LogP contribution in [0.25, 0.3) is 0 Å². The highest BCUT2D eigenvalue weighted by Gasteiger charge is 2.36. The van der Waals surface area contributed by atoms with E-state index in [1.807, 2.05) is 17.9 Å². The summed E-state index contributed by atoms with van der Waals surface area (Å²) in [7, 11) is 0. The Bertz CT molecular complexity index is 319. The van der Waals surface area contributed by atoms with Crippen molar-refractivity contribution in [2.75, 3.05) is 0 Å². The molecule has 1 heterocycles. The number of thioether (sulfide) groups is 1. The number of allylic oxidation sites excluding steroid dienone is 1. The molecule has 15 heavy (non-hydrogen) atoms. The smallest absolute Gasteiger partial charge is 0.266 e. The van der Waals surface area contributed by atoms with Crippen LogP contribution in [0, 0.1) is 0 Å². The van der Waals surface area contributed by atoms with Crippen molar-refractivity contribution in [2.24, 2.45) is 0 Å². The van der Waals surface area contributed by atoms with E-state index in [4.69, 9.17) is 12.2 Å². The predicted octanol–water partition coefficient (Wildman–Crippen LogP) is 3.08. The number of hydrogen-bond donors (Lipinski definition) is 0. The fourth-order valence-corrected chi connectivity index (χ4v) is 3.55. The van der Waals surface area contributed by atoms with Gasteiger partial charge in [-0.15, -0.1) is 0 Å². The first-order chi connectivity index (χ1) is 7.24. The van der Waals surface area contributed by atoms with Gasteiger partial charge in [-0.3, -0.25) is 9.69 Å². The summed E-state index contributed by atoms with van der Waals surface area (Å²) in [6.07, 6.45) is 7.85. The minimum Gasteiger partial charge on any atom is -0.290 e. The normalized spacial score (nSPS) is 26.7. The maximum Gasteiger partial charge on any atom is 0.266 e. The van der Waals surface area contributed by atoms with E-state index in [2.05, 4.69) is 0 Å². The van der Waals surface area contributed by atoms with Crippen LogP contribution in [0.5, 0.6) is 0 Å². The van der Waals surface area contributed by atoms with Crippen molar-refractivity contribution in [1.82, 2.24) is 4.90 Å². The van der Waals surface area contributed by atoms with Gasteiger partial charge in [-0.2, -0.15) is 0 Å². The van der Waals surface area contributed by atoms with Gasteiger partial charge in [0.25, 0.3) is 5.91 Å². The van der Waals surface area contributed by atoms with E-state index in [1.54, 1.807) is 0 Å². The zero-order valence-electron chi connectivity index (χ0n) is 8.86. The molecular weight excluding hydrogens is 226 g/mol. The number of nitrogens with zero attached hydrogens (tertiary/aromatic N) is 1. The Hall–Kier alpha value is -0.350. The summed E-state index contributed by atoms with van der Waals surface area (Å²) in [6, 6.07) is 0.365. The molecule has 1 saturated carbocycles. The highest BCUT2D eigenvalue weighted by atomic mass is 32.2. The van der Waals surface area contributed by atoms with E-state index in [9.17, 15) is 4.79 Å². The number of thiocarbonyl (C=S) groups is 1. The topological polar surface area (TPSA) is 20.3 Å². The van der Waals surface area contributed by atoms with Gasteiger partial charge in [-0.25, -0.2) is 0 Å². The fraction of sp³-hybridized carbons (Fsp3) is 0.636. The van der Waals surface area contributed by atoms with Crippen LogP contribution in [0.4, 0.5) is 0 Å². The third-order valence-electron chi connectivity index (χ3n) is 3.03. The van der Waals surface area contributed by atoms with Crippen LogP contribution in [0.15, 0.2) is 11.0 Å². The minimum atomic E-state index is 0.124. The molecule has 2 fully saturated rings. The molecule has 82 valence electrons. The standard InChI is InChI=1S/C11H15NOS2/c1-2-9-10(13)12(11(14)15-9)8-6-4-3-5-7-8/h2,8H,3-7H2,1H3. The molecule has 1 aliphatic heterocycles. The molecule has 0 bridgehead atoms. The molecule has 0 aromatic heterocycles. The lowest BCUT2D eigenvalue weighted by Crippen LogP contribution is -2.39. The van der Waals surface area contributed by atoms with Gasteiger partial charge >= 0.3 is 0 Å². The lowest BCUT2D eigenvalue weighted by atomic mass is 9.94. The number of carbonyl (C=O) groups excluding carboxylic acids is 1. The van der Waals surface area contributed by atoms with Crippen LogP contribution in [0.1, 0.15) is 39.0 Å². The molecule has 2 aliphatic rings. The molecule has 2 nitrogen and oxygen atoms in total. The predicted molar refractivity (Wildman–Crippen MR) is 67.7 cm³/mol. The second-order valence-electron chi connectivity index (χ2n) is 3.99. The first kappa shape index (κ1) is 11.1. The molecule has 0 radical (unpaired) electrons. The molecule has 0 spiro atoms. The molecule has 0 aromatic rings. The van der Waals surface area contributed by atoms with Gasteiger partial charge in [0.1, 0.15) is 4.32 Å². The van der Waals surface area contributed by atoms with Crippen LogP contribution in [0.3, 0.4) is 0 Å². The van der Waals surface area contributed by atoms with Gasteiger partial charge in [0.15, 0.2) is 0 Å². The highest BCUT2D eigenvalue weighted by molar-refractivity contribution is 8.26. The van der Waals surface area contributed by atoms with Crippen LogP contribution >= 0.6 is 24.0 Å². The Morgan fingerprint density at radius 1 is 1.40 bits per heavy atom. The monoisotopic (exact) mass is 241 g/mol. The maximum atomic E-state index is 12.0. The van der Waals surface area contributed by atoms with Crippen LogP contribution in [-0.2, 0) is 4.79 Å². The second kappa shape index (κ2) is 4.66. The Kier molecular flexibility index (Phi) is 3.46. The highest BCUT2D eigenvalue weighted by Crippen LogP contribution is 2.35. The average Bonchev–Trinajstić information content (AvgIpc) is 2.55. The maximum absolute atomic E-state index is 12.0. The molecule has 4 heteroatoms. The quantitative estimate of drug-likeness (QED) is 0.520. The fourth-order valence-electron chi connectivity index (χ4n) is 2.23.